The van der Waals surface area contributed by atoms with Gasteiger partial charge in [0.15, 0.2) is 0 Å². The maximum atomic E-state index is 12.9. The number of carbonyl (C=O) groups excluding carboxylic acids is 2. The first-order chi connectivity index (χ1) is 10.8. The van der Waals surface area contributed by atoms with Gasteiger partial charge in [-0.15, -0.1) is 0 Å². The Hall–Kier alpha value is -1.66. The van der Waals surface area contributed by atoms with Gasteiger partial charge >= 0.3 is 0 Å². The van der Waals surface area contributed by atoms with Gasteiger partial charge in [-0.1, -0.05) is 25.4 Å². The van der Waals surface area contributed by atoms with E-state index < -0.39 is 11.7 Å². The molecule has 0 aliphatic rings. The van der Waals surface area contributed by atoms with Crippen molar-refractivity contribution < 1.29 is 19.1 Å². The molecule has 1 aromatic carbocycles. The van der Waals surface area contributed by atoms with Crippen molar-refractivity contribution in [2.75, 3.05) is 13.2 Å². The van der Waals surface area contributed by atoms with Crippen LogP contribution in [0.1, 0.15) is 37.0 Å². The van der Waals surface area contributed by atoms with Crippen molar-refractivity contribution in [1.82, 2.24) is 10.6 Å². The molecule has 23 heavy (non-hydrogen) atoms. The molecule has 5 nitrogen and oxygen atoms in total. The maximum absolute atomic E-state index is 12.9. The largest absolute Gasteiger partial charge is 0.394 e. The van der Waals surface area contributed by atoms with E-state index >= 15 is 0 Å². The summed E-state index contributed by atoms with van der Waals surface area (Å²) in [5.74, 6) is -0.891. The maximum Gasteiger partial charge on any atom is 0.252 e. The van der Waals surface area contributed by atoms with Crippen LogP contribution in [0.25, 0.3) is 0 Å². The SMILES string of the molecule is CC(C)CC(CO)NC(=O)CCNC(=O)c1ccc(F)cc1Cl. The van der Waals surface area contributed by atoms with Crippen molar-refractivity contribution >= 4 is 23.4 Å². The Morgan fingerprint density at radius 2 is 2.04 bits per heavy atom. The molecule has 0 aliphatic carbocycles. The summed E-state index contributed by atoms with van der Waals surface area (Å²) in [5, 5.41) is 14.5. The molecule has 0 fully saturated rings. The number of carbonyl (C=O) groups is 2. The molecule has 1 atom stereocenters. The quantitative estimate of drug-likeness (QED) is 0.676. The lowest BCUT2D eigenvalue weighted by Gasteiger charge is -2.18. The number of aliphatic hydroxyl groups is 1. The van der Waals surface area contributed by atoms with Crippen molar-refractivity contribution in [1.29, 1.82) is 0 Å². The molecule has 1 rings (SSSR count). The number of aliphatic hydroxyl groups excluding tert-OH is 1. The van der Waals surface area contributed by atoms with Crippen LogP contribution in [0.15, 0.2) is 18.2 Å². The van der Waals surface area contributed by atoms with Crippen molar-refractivity contribution in [3.8, 4) is 0 Å². The summed E-state index contributed by atoms with van der Waals surface area (Å²) in [6.45, 7) is 4.00. The number of amides is 2. The highest BCUT2D eigenvalue weighted by molar-refractivity contribution is 6.33. The highest BCUT2D eigenvalue weighted by Crippen LogP contribution is 2.16. The third-order valence-corrected chi connectivity index (χ3v) is 3.47. The second-order valence-electron chi connectivity index (χ2n) is 5.71. The molecule has 0 heterocycles. The Balaban J connectivity index is 2.40. The molecular formula is C16H22ClFN2O3. The monoisotopic (exact) mass is 344 g/mol. The van der Waals surface area contributed by atoms with E-state index in [1.54, 1.807) is 0 Å². The average Bonchev–Trinajstić information content (AvgIpc) is 2.45. The zero-order valence-electron chi connectivity index (χ0n) is 13.2. The zero-order valence-corrected chi connectivity index (χ0v) is 14.0. The van der Waals surface area contributed by atoms with Crippen molar-refractivity contribution in [2.24, 2.45) is 5.92 Å². The summed E-state index contributed by atoms with van der Waals surface area (Å²) in [4.78, 5) is 23.7. The zero-order chi connectivity index (χ0) is 17.4. The molecule has 0 radical (unpaired) electrons. The summed E-state index contributed by atoms with van der Waals surface area (Å²) in [5.41, 5.74) is 0.154. The number of hydrogen-bond acceptors (Lipinski definition) is 3. The minimum Gasteiger partial charge on any atom is -0.394 e. The van der Waals surface area contributed by atoms with Crippen molar-refractivity contribution in [3.63, 3.8) is 0 Å². The van der Waals surface area contributed by atoms with Crippen molar-refractivity contribution in [2.45, 2.75) is 32.7 Å². The third-order valence-electron chi connectivity index (χ3n) is 3.15. The number of rotatable bonds is 8. The van der Waals surface area contributed by atoms with E-state index in [-0.39, 0.29) is 42.1 Å². The molecule has 0 aromatic heterocycles. The fourth-order valence-electron chi connectivity index (χ4n) is 2.11. The molecule has 0 bridgehead atoms. The highest BCUT2D eigenvalue weighted by atomic mass is 35.5. The molecule has 3 N–H and O–H groups in total. The summed E-state index contributed by atoms with van der Waals surface area (Å²) >= 11 is 5.79. The Bertz CT molecular complexity index is 552. The smallest absolute Gasteiger partial charge is 0.252 e. The lowest BCUT2D eigenvalue weighted by atomic mass is 10.0. The normalized spacial score (nSPS) is 12.1. The van der Waals surface area contributed by atoms with Gasteiger partial charge in [-0.2, -0.15) is 0 Å². The predicted octanol–water partition coefficient (Wildman–Crippen LogP) is 2.12. The van der Waals surface area contributed by atoms with Gasteiger partial charge in [-0.25, -0.2) is 4.39 Å². The van der Waals surface area contributed by atoms with E-state index in [9.17, 15) is 19.1 Å². The van der Waals surface area contributed by atoms with Crippen LogP contribution in [0.4, 0.5) is 4.39 Å². The number of benzene rings is 1. The first kappa shape index (κ1) is 19.4. The Morgan fingerprint density at radius 1 is 1.35 bits per heavy atom. The topological polar surface area (TPSA) is 78.4 Å². The lowest BCUT2D eigenvalue weighted by molar-refractivity contribution is -0.122. The molecule has 2 amide bonds. The summed E-state index contributed by atoms with van der Waals surface area (Å²) in [7, 11) is 0. The van der Waals surface area contributed by atoms with Crippen LogP contribution >= 0.6 is 11.6 Å². The van der Waals surface area contributed by atoms with Crippen LogP contribution in [-0.4, -0.2) is 36.1 Å². The van der Waals surface area contributed by atoms with Crippen LogP contribution in [0, 0.1) is 11.7 Å². The summed E-state index contributed by atoms with van der Waals surface area (Å²) in [6.07, 6.45) is 0.763. The van der Waals surface area contributed by atoms with Crippen LogP contribution in [0.3, 0.4) is 0 Å². The minimum atomic E-state index is -0.522. The van der Waals surface area contributed by atoms with E-state index in [4.69, 9.17) is 11.6 Å². The fourth-order valence-corrected chi connectivity index (χ4v) is 2.36. The molecule has 1 unspecified atom stereocenters. The second kappa shape index (κ2) is 9.47. The number of hydrogen-bond donors (Lipinski definition) is 3. The van der Waals surface area contributed by atoms with E-state index in [1.807, 2.05) is 13.8 Å². The van der Waals surface area contributed by atoms with Gasteiger partial charge < -0.3 is 15.7 Å². The van der Waals surface area contributed by atoms with Crippen LogP contribution < -0.4 is 10.6 Å². The van der Waals surface area contributed by atoms with Gasteiger partial charge in [0.05, 0.1) is 23.2 Å². The van der Waals surface area contributed by atoms with Crippen molar-refractivity contribution in [3.05, 3.63) is 34.6 Å². The lowest BCUT2D eigenvalue weighted by Crippen LogP contribution is -2.40. The molecule has 0 saturated carbocycles. The summed E-state index contributed by atoms with van der Waals surface area (Å²) < 4.78 is 12.9. The fraction of sp³-hybridized carbons (Fsp3) is 0.500. The predicted molar refractivity (Wildman–Crippen MR) is 86.8 cm³/mol. The van der Waals surface area contributed by atoms with Crippen LogP contribution in [-0.2, 0) is 4.79 Å². The highest BCUT2D eigenvalue weighted by Gasteiger charge is 2.14. The third kappa shape index (κ3) is 6.97. The first-order valence-electron chi connectivity index (χ1n) is 7.47. The van der Waals surface area contributed by atoms with E-state index in [0.29, 0.717) is 12.3 Å². The molecule has 7 heteroatoms. The van der Waals surface area contributed by atoms with Crippen LogP contribution in [0.2, 0.25) is 5.02 Å². The van der Waals surface area contributed by atoms with E-state index in [2.05, 4.69) is 10.6 Å². The molecule has 0 aliphatic heterocycles. The van der Waals surface area contributed by atoms with Gasteiger partial charge in [0.25, 0.3) is 5.91 Å². The Morgan fingerprint density at radius 3 is 2.61 bits per heavy atom. The minimum absolute atomic E-state index is 0.0178. The van der Waals surface area contributed by atoms with Gasteiger partial charge in [0.2, 0.25) is 5.91 Å². The first-order valence-corrected chi connectivity index (χ1v) is 7.84. The van der Waals surface area contributed by atoms with E-state index in [0.717, 1.165) is 12.1 Å². The number of nitrogens with one attached hydrogen (secondary N) is 2. The Kier molecular flexibility index (Phi) is 7.98. The van der Waals surface area contributed by atoms with Crippen LogP contribution in [0.5, 0.6) is 0 Å². The number of halogens is 2. The standard InChI is InChI=1S/C16H22ClFN2O3/c1-10(2)7-12(9-21)20-15(22)5-6-19-16(23)13-4-3-11(18)8-14(13)17/h3-4,8,10,12,21H,5-7,9H2,1-2H3,(H,19,23)(H,20,22). The molecule has 128 valence electrons. The second-order valence-corrected chi connectivity index (χ2v) is 6.11. The summed E-state index contributed by atoms with van der Waals surface area (Å²) in [6, 6.07) is 3.20. The van der Waals surface area contributed by atoms with Gasteiger partial charge in [0, 0.05) is 13.0 Å². The molecular weight excluding hydrogens is 323 g/mol. The van der Waals surface area contributed by atoms with Gasteiger partial charge in [0.1, 0.15) is 5.82 Å². The van der Waals surface area contributed by atoms with Gasteiger partial charge in [-0.05, 0) is 30.5 Å². The van der Waals surface area contributed by atoms with Gasteiger partial charge in [-0.3, -0.25) is 9.59 Å². The molecule has 1 aromatic rings. The Labute approximate surface area is 140 Å². The molecule has 0 spiro atoms. The average molecular weight is 345 g/mol. The van der Waals surface area contributed by atoms with E-state index in [1.165, 1.54) is 6.07 Å². The molecule has 0 saturated heterocycles.